The molecule has 1 aromatic heterocycles. The smallest absolute Gasteiger partial charge is 0.136 e. The SMILES string of the molecule is CC(O)(CNC/C=C/c1ccc(F)cc1)c1ccco1. The second-order valence-corrected chi connectivity index (χ2v) is 4.84. The van der Waals surface area contributed by atoms with Gasteiger partial charge in [0.25, 0.3) is 0 Å². The first-order chi connectivity index (χ1) is 9.58. The summed E-state index contributed by atoms with van der Waals surface area (Å²) in [4.78, 5) is 0. The van der Waals surface area contributed by atoms with E-state index in [2.05, 4.69) is 5.32 Å². The fourth-order valence-corrected chi connectivity index (χ4v) is 1.84. The fourth-order valence-electron chi connectivity index (χ4n) is 1.84. The van der Waals surface area contributed by atoms with Crippen LogP contribution in [0.3, 0.4) is 0 Å². The lowest BCUT2D eigenvalue weighted by Gasteiger charge is -2.20. The molecule has 0 aliphatic carbocycles. The van der Waals surface area contributed by atoms with E-state index in [0.717, 1.165) is 5.56 Å². The molecule has 0 fully saturated rings. The van der Waals surface area contributed by atoms with Gasteiger partial charge in [0.1, 0.15) is 17.2 Å². The van der Waals surface area contributed by atoms with Gasteiger partial charge in [0.05, 0.1) is 6.26 Å². The lowest BCUT2D eigenvalue weighted by Crippen LogP contribution is -2.35. The normalized spacial score (nSPS) is 14.6. The predicted octanol–water partition coefficient (Wildman–Crippen LogP) is 2.93. The van der Waals surface area contributed by atoms with Gasteiger partial charge >= 0.3 is 0 Å². The Labute approximate surface area is 117 Å². The number of benzene rings is 1. The third-order valence-electron chi connectivity index (χ3n) is 2.96. The molecule has 2 aromatic rings. The minimum Gasteiger partial charge on any atom is -0.466 e. The van der Waals surface area contributed by atoms with E-state index in [9.17, 15) is 9.50 Å². The van der Waals surface area contributed by atoms with E-state index >= 15 is 0 Å². The van der Waals surface area contributed by atoms with Gasteiger partial charge in [-0.05, 0) is 36.8 Å². The maximum Gasteiger partial charge on any atom is 0.136 e. The lowest BCUT2D eigenvalue weighted by molar-refractivity contribution is 0.0353. The zero-order valence-electron chi connectivity index (χ0n) is 11.3. The first kappa shape index (κ1) is 14.5. The number of nitrogens with one attached hydrogen (secondary N) is 1. The number of hydrogen-bond donors (Lipinski definition) is 2. The van der Waals surface area contributed by atoms with Gasteiger partial charge in [-0.1, -0.05) is 24.3 Å². The van der Waals surface area contributed by atoms with E-state index in [1.54, 1.807) is 31.2 Å². The first-order valence-electron chi connectivity index (χ1n) is 6.47. The quantitative estimate of drug-likeness (QED) is 0.797. The van der Waals surface area contributed by atoms with Crippen LogP contribution in [0, 0.1) is 5.82 Å². The van der Waals surface area contributed by atoms with Crippen molar-refractivity contribution in [2.75, 3.05) is 13.1 Å². The molecule has 1 heterocycles. The van der Waals surface area contributed by atoms with E-state index < -0.39 is 5.60 Å². The van der Waals surface area contributed by atoms with E-state index in [1.807, 2.05) is 12.2 Å². The number of hydrogen-bond acceptors (Lipinski definition) is 3. The van der Waals surface area contributed by atoms with Crippen LogP contribution in [0.4, 0.5) is 4.39 Å². The van der Waals surface area contributed by atoms with Crippen LogP contribution in [0.15, 0.2) is 53.2 Å². The van der Waals surface area contributed by atoms with Crippen molar-refractivity contribution < 1.29 is 13.9 Å². The molecule has 0 aliphatic rings. The number of aliphatic hydroxyl groups is 1. The Morgan fingerprint density at radius 2 is 2.05 bits per heavy atom. The molecule has 0 bridgehead atoms. The topological polar surface area (TPSA) is 45.4 Å². The predicted molar refractivity (Wildman–Crippen MR) is 76.6 cm³/mol. The van der Waals surface area contributed by atoms with E-state index in [1.165, 1.54) is 18.4 Å². The van der Waals surface area contributed by atoms with Crippen LogP contribution >= 0.6 is 0 Å². The zero-order valence-corrected chi connectivity index (χ0v) is 11.3. The van der Waals surface area contributed by atoms with Crippen molar-refractivity contribution in [3.8, 4) is 0 Å². The average molecular weight is 275 g/mol. The molecule has 0 saturated heterocycles. The molecule has 0 spiro atoms. The molecule has 106 valence electrons. The fraction of sp³-hybridized carbons (Fsp3) is 0.250. The molecule has 0 radical (unpaired) electrons. The summed E-state index contributed by atoms with van der Waals surface area (Å²) in [7, 11) is 0. The Balaban J connectivity index is 1.77. The summed E-state index contributed by atoms with van der Waals surface area (Å²) in [6.07, 6.45) is 5.36. The Hall–Kier alpha value is -1.91. The zero-order chi connectivity index (χ0) is 14.4. The van der Waals surface area contributed by atoms with Crippen LogP contribution in [0.25, 0.3) is 6.08 Å². The molecule has 0 amide bonds. The highest BCUT2D eigenvalue weighted by atomic mass is 19.1. The molecule has 1 unspecified atom stereocenters. The van der Waals surface area contributed by atoms with Crippen LogP contribution in [0.1, 0.15) is 18.2 Å². The molecule has 4 heteroatoms. The van der Waals surface area contributed by atoms with Crippen LogP contribution in [0.5, 0.6) is 0 Å². The van der Waals surface area contributed by atoms with Gasteiger partial charge in [-0.15, -0.1) is 0 Å². The lowest BCUT2D eigenvalue weighted by atomic mass is 10.0. The Bertz CT molecular complexity index is 544. The number of halogens is 1. The molecule has 2 rings (SSSR count). The number of furan rings is 1. The van der Waals surface area contributed by atoms with Gasteiger partial charge in [-0.25, -0.2) is 4.39 Å². The highest BCUT2D eigenvalue weighted by Crippen LogP contribution is 2.19. The van der Waals surface area contributed by atoms with Gasteiger partial charge in [-0.2, -0.15) is 0 Å². The molecule has 0 saturated carbocycles. The van der Waals surface area contributed by atoms with Gasteiger partial charge < -0.3 is 14.8 Å². The molecule has 2 N–H and O–H groups in total. The molecular formula is C16H18FNO2. The van der Waals surface area contributed by atoms with Crippen LogP contribution in [-0.4, -0.2) is 18.2 Å². The standard InChI is InChI=1S/C16H18FNO2/c1-16(19,15-5-3-11-20-15)12-18-10-2-4-13-6-8-14(17)9-7-13/h2-9,11,18-19H,10,12H2,1H3/b4-2+. The molecular weight excluding hydrogens is 257 g/mol. The minimum atomic E-state index is -1.03. The molecule has 20 heavy (non-hydrogen) atoms. The van der Waals surface area contributed by atoms with Gasteiger partial charge in [0.15, 0.2) is 0 Å². The molecule has 0 aliphatic heterocycles. The third-order valence-corrected chi connectivity index (χ3v) is 2.96. The summed E-state index contributed by atoms with van der Waals surface area (Å²) in [6.45, 7) is 2.69. The van der Waals surface area contributed by atoms with Crippen molar-refractivity contribution in [2.24, 2.45) is 0 Å². The molecule has 1 atom stereocenters. The summed E-state index contributed by atoms with van der Waals surface area (Å²) >= 11 is 0. The summed E-state index contributed by atoms with van der Waals surface area (Å²) in [5, 5.41) is 13.3. The van der Waals surface area contributed by atoms with E-state index in [4.69, 9.17) is 4.42 Å². The maximum atomic E-state index is 12.7. The summed E-state index contributed by atoms with van der Waals surface area (Å²) in [6, 6.07) is 9.77. The van der Waals surface area contributed by atoms with Gasteiger partial charge in [0, 0.05) is 13.1 Å². The van der Waals surface area contributed by atoms with Crippen LogP contribution in [-0.2, 0) is 5.60 Å². The first-order valence-corrected chi connectivity index (χ1v) is 6.47. The minimum absolute atomic E-state index is 0.241. The van der Waals surface area contributed by atoms with Crippen LogP contribution < -0.4 is 5.32 Å². The largest absolute Gasteiger partial charge is 0.466 e. The van der Waals surface area contributed by atoms with Gasteiger partial charge in [0.2, 0.25) is 0 Å². The molecule has 1 aromatic carbocycles. The number of rotatable bonds is 6. The van der Waals surface area contributed by atoms with Crippen LogP contribution in [0.2, 0.25) is 0 Å². The van der Waals surface area contributed by atoms with Crippen molar-refractivity contribution in [1.82, 2.24) is 5.32 Å². The highest BCUT2D eigenvalue weighted by molar-refractivity contribution is 5.48. The molecule has 3 nitrogen and oxygen atoms in total. The maximum absolute atomic E-state index is 12.7. The van der Waals surface area contributed by atoms with Crippen molar-refractivity contribution >= 4 is 6.08 Å². The Morgan fingerprint density at radius 3 is 2.70 bits per heavy atom. The van der Waals surface area contributed by atoms with E-state index in [-0.39, 0.29) is 5.82 Å². The summed E-state index contributed by atoms with van der Waals surface area (Å²) < 4.78 is 17.9. The second-order valence-electron chi connectivity index (χ2n) is 4.84. The van der Waals surface area contributed by atoms with Gasteiger partial charge in [-0.3, -0.25) is 0 Å². The van der Waals surface area contributed by atoms with Crippen molar-refractivity contribution in [3.05, 3.63) is 65.9 Å². The van der Waals surface area contributed by atoms with Crippen molar-refractivity contribution in [3.63, 3.8) is 0 Å². The monoisotopic (exact) mass is 275 g/mol. The van der Waals surface area contributed by atoms with Crippen molar-refractivity contribution in [2.45, 2.75) is 12.5 Å². The third kappa shape index (κ3) is 4.05. The van der Waals surface area contributed by atoms with E-state index in [0.29, 0.717) is 18.8 Å². The van der Waals surface area contributed by atoms with Crippen molar-refractivity contribution in [1.29, 1.82) is 0 Å². The Kier molecular flexibility index (Phi) is 4.71. The highest BCUT2D eigenvalue weighted by Gasteiger charge is 2.25. The summed E-state index contributed by atoms with van der Waals surface area (Å²) in [5.41, 5.74) is -0.0984. The Morgan fingerprint density at radius 1 is 1.30 bits per heavy atom. The average Bonchev–Trinajstić information content (AvgIpc) is 2.95. The second kappa shape index (κ2) is 6.50. The summed E-state index contributed by atoms with van der Waals surface area (Å²) in [5.74, 6) is 0.294.